The quantitative estimate of drug-likeness (QED) is 0.445. The molecule has 0 aliphatic rings. The number of nitrogens with one attached hydrogen (secondary N) is 1. The van der Waals surface area contributed by atoms with E-state index >= 15 is 0 Å². The van der Waals surface area contributed by atoms with Crippen LogP contribution in [-0.2, 0) is 4.74 Å². The Hall–Kier alpha value is -2.22. The zero-order valence-corrected chi connectivity index (χ0v) is 10.8. The third kappa shape index (κ3) is 4.51. The summed E-state index contributed by atoms with van der Waals surface area (Å²) in [5, 5.41) is 13.2. The lowest BCUT2D eigenvalue weighted by atomic mass is 10.2. The molecule has 1 heterocycles. The Morgan fingerprint density at radius 3 is 2.89 bits per heavy atom. The van der Waals surface area contributed by atoms with Gasteiger partial charge < -0.3 is 15.8 Å². The average molecular weight is 268 g/mol. The van der Waals surface area contributed by atoms with Crippen LogP contribution in [-0.4, -0.2) is 35.1 Å². The van der Waals surface area contributed by atoms with E-state index in [2.05, 4.69) is 10.3 Å². The van der Waals surface area contributed by atoms with Crippen molar-refractivity contribution in [2.45, 2.75) is 20.0 Å². The van der Waals surface area contributed by atoms with Crippen LogP contribution in [0.4, 0.5) is 11.5 Å². The number of pyridine rings is 1. The first-order chi connectivity index (χ1) is 8.91. The standard InChI is InChI=1S/C11H16N4O4/c1-7(2)19-4-3-13-11(16)9-5-8(15(17)18)6-14-10(9)12/h5-7H,3-4H2,1-2H3,(H2,12,14)(H,13,16). The van der Waals surface area contributed by atoms with Crippen LogP contribution in [0.5, 0.6) is 0 Å². The number of rotatable bonds is 6. The Bertz CT molecular complexity index is 476. The summed E-state index contributed by atoms with van der Waals surface area (Å²) >= 11 is 0. The van der Waals surface area contributed by atoms with Crippen molar-refractivity contribution in [3.8, 4) is 0 Å². The second-order valence-corrected chi connectivity index (χ2v) is 4.06. The van der Waals surface area contributed by atoms with Gasteiger partial charge in [0, 0.05) is 12.6 Å². The highest BCUT2D eigenvalue weighted by atomic mass is 16.6. The minimum atomic E-state index is -0.634. The van der Waals surface area contributed by atoms with Crippen LogP contribution >= 0.6 is 0 Å². The van der Waals surface area contributed by atoms with Gasteiger partial charge in [-0.2, -0.15) is 0 Å². The van der Waals surface area contributed by atoms with Crippen LogP contribution in [0.1, 0.15) is 24.2 Å². The number of amides is 1. The van der Waals surface area contributed by atoms with Gasteiger partial charge in [0.05, 0.1) is 23.2 Å². The highest BCUT2D eigenvalue weighted by Crippen LogP contribution is 2.16. The number of nitrogens with zero attached hydrogens (tertiary/aromatic N) is 2. The van der Waals surface area contributed by atoms with Gasteiger partial charge in [-0.3, -0.25) is 14.9 Å². The first kappa shape index (κ1) is 14.8. The predicted molar refractivity (Wildman–Crippen MR) is 68.7 cm³/mol. The van der Waals surface area contributed by atoms with Gasteiger partial charge in [-0.15, -0.1) is 0 Å². The topological polar surface area (TPSA) is 120 Å². The van der Waals surface area contributed by atoms with E-state index < -0.39 is 10.8 Å². The number of hydrogen-bond acceptors (Lipinski definition) is 6. The van der Waals surface area contributed by atoms with Gasteiger partial charge in [-0.05, 0) is 13.8 Å². The molecule has 0 saturated heterocycles. The van der Waals surface area contributed by atoms with Gasteiger partial charge in [-0.25, -0.2) is 4.98 Å². The van der Waals surface area contributed by atoms with Gasteiger partial charge in [0.2, 0.25) is 0 Å². The van der Waals surface area contributed by atoms with E-state index in [0.29, 0.717) is 13.2 Å². The molecule has 0 fully saturated rings. The summed E-state index contributed by atoms with van der Waals surface area (Å²) in [5.41, 5.74) is 5.22. The van der Waals surface area contributed by atoms with Crippen molar-refractivity contribution in [1.82, 2.24) is 10.3 Å². The summed E-state index contributed by atoms with van der Waals surface area (Å²) in [6, 6.07) is 1.10. The molecule has 1 aromatic rings. The number of nitrogen functional groups attached to an aromatic ring is 1. The maximum atomic E-state index is 11.8. The van der Waals surface area contributed by atoms with Crippen molar-refractivity contribution >= 4 is 17.4 Å². The number of ether oxygens (including phenoxy) is 1. The number of nitrogens with two attached hydrogens (primary N) is 1. The maximum absolute atomic E-state index is 11.8. The lowest BCUT2D eigenvalue weighted by Gasteiger charge is -2.09. The lowest BCUT2D eigenvalue weighted by Crippen LogP contribution is -2.29. The van der Waals surface area contributed by atoms with Crippen molar-refractivity contribution in [2.75, 3.05) is 18.9 Å². The Labute approximate surface area is 110 Å². The van der Waals surface area contributed by atoms with Gasteiger partial charge in [0.1, 0.15) is 12.0 Å². The van der Waals surface area contributed by atoms with E-state index in [9.17, 15) is 14.9 Å². The number of carbonyl (C=O) groups is 1. The molecule has 104 valence electrons. The van der Waals surface area contributed by atoms with Crippen LogP contribution < -0.4 is 11.1 Å². The number of carbonyl (C=O) groups excluding carboxylic acids is 1. The molecule has 3 N–H and O–H groups in total. The van der Waals surface area contributed by atoms with E-state index in [0.717, 1.165) is 12.3 Å². The van der Waals surface area contributed by atoms with Crippen LogP contribution in [0.3, 0.4) is 0 Å². The molecular formula is C11H16N4O4. The molecule has 0 unspecified atom stereocenters. The minimum absolute atomic E-state index is 0.0150. The molecule has 0 radical (unpaired) electrons. The van der Waals surface area contributed by atoms with E-state index in [-0.39, 0.29) is 23.2 Å². The molecule has 0 atom stereocenters. The molecule has 19 heavy (non-hydrogen) atoms. The fraction of sp³-hybridized carbons (Fsp3) is 0.455. The number of aromatic nitrogens is 1. The molecule has 1 amide bonds. The second-order valence-electron chi connectivity index (χ2n) is 4.06. The molecule has 1 rings (SSSR count). The SMILES string of the molecule is CC(C)OCCNC(=O)c1cc([N+](=O)[O-])cnc1N. The van der Waals surface area contributed by atoms with Crippen molar-refractivity contribution in [1.29, 1.82) is 0 Å². The largest absolute Gasteiger partial charge is 0.383 e. The summed E-state index contributed by atoms with van der Waals surface area (Å²) in [6.45, 7) is 4.40. The van der Waals surface area contributed by atoms with Gasteiger partial charge in [-0.1, -0.05) is 0 Å². The smallest absolute Gasteiger partial charge is 0.288 e. The van der Waals surface area contributed by atoms with Crippen LogP contribution in [0, 0.1) is 10.1 Å². The molecular weight excluding hydrogens is 252 g/mol. The summed E-state index contributed by atoms with van der Waals surface area (Å²) in [5.74, 6) is -0.561. The van der Waals surface area contributed by atoms with Crippen LogP contribution in [0.15, 0.2) is 12.3 Å². The second kappa shape index (κ2) is 6.64. The molecule has 0 aromatic carbocycles. The van der Waals surface area contributed by atoms with E-state index in [1.165, 1.54) is 0 Å². The fourth-order valence-electron chi connectivity index (χ4n) is 1.30. The molecule has 1 aromatic heterocycles. The molecule has 0 aliphatic heterocycles. The first-order valence-electron chi connectivity index (χ1n) is 5.71. The Kier molecular flexibility index (Phi) is 5.19. The van der Waals surface area contributed by atoms with Crippen molar-refractivity contribution in [2.24, 2.45) is 0 Å². The van der Waals surface area contributed by atoms with Gasteiger partial charge in [0.25, 0.3) is 11.6 Å². The van der Waals surface area contributed by atoms with Crippen molar-refractivity contribution < 1.29 is 14.5 Å². The lowest BCUT2D eigenvalue weighted by molar-refractivity contribution is -0.385. The number of hydrogen-bond donors (Lipinski definition) is 2. The molecule has 0 bridgehead atoms. The van der Waals surface area contributed by atoms with E-state index in [1.54, 1.807) is 0 Å². The fourth-order valence-corrected chi connectivity index (χ4v) is 1.30. The third-order valence-electron chi connectivity index (χ3n) is 2.20. The monoisotopic (exact) mass is 268 g/mol. The van der Waals surface area contributed by atoms with Crippen molar-refractivity contribution in [3.05, 3.63) is 27.9 Å². The summed E-state index contributed by atoms with van der Waals surface area (Å²) in [7, 11) is 0. The first-order valence-corrected chi connectivity index (χ1v) is 5.71. The van der Waals surface area contributed by atoms with E-state index in [1.807, 2.05) is 13.8 Å². The highest BCUT2D eigenvalue weighted by molar-refractivity contribution is 5.98. The zero-order valence-electron chi connectivity index (χ0n) is 10.8. The molecule has 0 spiro atoms. The number of nitro groups is 1. The summed E-state index contributed by atoms with van der Waals surface area (Å²) in [4.78, 5) is 25.4. The van der Waals surface area contributed by atoms with Gasteiger partial charge >= 0.3 is 0 Å². The minimum Gasteiger partial charge on any atom is -0.383 e. The normalized spacial score (nSPS) is 10.5. The summed E-state index contributed by atoms with van der Waals surface area (Å²) < 4.78 is 5.25. The molecule has 0 aliphatic carbocycles. The Morgan fingerprint density at radius 2 is 2.32 bits per heavy atom. The number of anilines is 1. The van der Waals surface area contributed by atoms with Gasteiger partial charge in [0.15, 0.2) is 0 Å². The maximum Gasteiger partial charge on any atom is 0.288 e. The molecule has 8 heteroatoms. The Balaban J connectivity index is 2.66. The van der Waals surface area contributed by atoms with Crippen LogP contribution in [0.2, 0.25) is 0 Å². The van der Waals surface area contributed by atoms with Crippen molar-refractivity contribution in [3.63, 3.8) is 0 Å². The molecule has 8 nitrogen and oxygen atoms in total. The highest BCUT2D eigenvalue weighted by Gasteiger charge is 2.16. The summed E-state index contributed by atoms with van der Waals surface area (Å²) in [6.07, 6.45) is 1.08. The van der Waals surface area contributed by atoms with E-state index in [4.69, 9.17) is 10.5 Å². The molecule has 0 saturated carbocycles. The van der Waals surface area contributed by atoms with Crippen LogP contribution in [0.25, 0.3) is 0 Å². The zero-order chi connectivity index (χ0) is 14.4. The Morgan fingerprint density at radius 1 is 1.63 bits per heavy atom. The average Bonchev–Trinajstić information content (AvgIpc) is 2.34. The predicted octanol–water partition coefficient (Wildman–Crippen LogP) is 0.727. The third-order valence-corrected chi connectivity index (χ3v) is 2.20.